The first kappa shape index (κ1) is 42.1. The molecule has 0 bridgehead atoms. The summed E-state index contributed by atoms with van der Waals surface area (Å²) in [6, 6.07) is 15.3. The molecule has 2 aromatic rings. The molecule has 0 unspecified atom stereocenters. The lowest BCUT2D eigenvalue weighted by Crippen LogP contribution is -2.40. The summed E-state index contributed by atoms with van der Waals surface area (Å²) in [5, 5.41) is 7.50. The summed E-state index contributed by atoms with van der Waals surface area (Å²) in [6.07, 6.45) is -0.574. The van der Waals surface area contributed by atoms with Crippen molar-refractivity contribution in [3.8, 4) is 11.1 Å². The van der Waals surface area contributed by atoms with Gasteiger partial charge < -0.3 is 48.7 Å². The molecule has 1 atom stereocenters. The van der Waals surface area contributed by atoms with Crippen molar-refractivity contribution in [2.24, 2.45) is 5.18 Å². The third kappa shape index (κ3) is 15.1. The second-order valence-electron chi connectivity index (χ2n) is 11.6. The number of hydrogen-bond acceptors (Lipinski definition) is 12. The largest absolute Gasteiger partial charge is 0.449 e. The number of benzene rings is 2. The van der Waals surface area contributed by atoms with Crippen molar-refractivity contribution in [2.45, 2.75) is 25.3 Å². The molecule has 0 spiro atoms. The average molecular weight is 731 g/mol. The van der Waals surface area contributed by atoms with E-state index in [9.17, 15) is 24.1 Å². The van der Waals surface area contributed by atoms with Crippen molar-refractivity contribution in [1.82, 2.24) is 15.5 Å². The summed E-state index contributed by atoms with van der Waals surface area (Å²) >= 11 is 0. The van der Waals surface area contributed by atoms with Gasteiger partial charge in [-0.05, 0) is 29.2 Å². The molecule has 0 radical (unpaired) electrons. The number of rotatable bonds is 27. The fraction of sp³-hybridized carbons (Fsp3) is 0.556. The number of likely N-dealkylation sites (N-methyl/N-ethyl adjacent to an activating group) is 1. The molecule has 0 heterocycles. The Morgan fingerprint density at radius 3 is 1.65 bits per heavy atom. The molecule has 16 heteroatoms. The molecule has 1 aliphatic carbocycles. The molecule has 16 nitrogen and oxygen atoms in total. The average Bonchev–Trinajstić information content (AvgIpc) is 3.49. The first-order valence-electron chi connectivity index (χ1n) is 17.3. The monoisotopic (exact) mass is 730 g/mol. The highest BCUT2D eigenvalue weighted by atomic mass is 16.6. The standard InChI is InChI=1S/C36H50N4O12/c1-27(35(43)39-45)40(2)34(42)11-13-46-15-17-48-19-21-50-23-24-51-22-20-49-18-16-47-14-12-37-33(41)25-38-36(44)52-26-32-30-9-5-3-7-28(30)29-8-4-6-10-31(29)32/h3-10,27,32H,11-26H2,1-2H3,(H,37,41)(H,38,44)/t27-/m0/s1. The van der Waals surface area contributed by atoms with Gasteiger partial charge in [-0.3, -0.25) is 14.4 Å². The van der Waals surface area contributed by atoms with Crippen LogP contribution in [0, 0.1) is 4.91 Å². The summed E-state index contributed by atoms with van der Waals surface area (Å²) in [5.74, 6) is -1.61. The number of fused-ring (bicyclic) bond motifs is 3. The van der Waals surface area contributed by atoms with E-state index in [4.69, 9.17) is 33.2 Å². The first-order chi connectivity index (χ1) is 25.3. The van der Waals surface area contributed by atoms with Crippen molar-refractivity contribution in [2.75, 3.05) is 106 Å². The number of nitrogens with one attached hydrogen (secondary N) is 2. The van der Waals surface area contributed by atoms with E-state index in [1.807, 2.05) is 36.4 Å². The molecule has 2 aromatic carbocycles. The van der Waals surface area contributed by atoms with Crippen molar-refractivity contribution in [1.29, 1.82) is 0 Å². The summed E-state index contributed by atoms with van der Waals surface area (Å²) in [4.78, 5) is 59.0. The van der Waals surface area contributed by atoms with Gasteiger partial charge >= 0.3 is 12.0 Å². The van der Waals surface area contributed by atoms with E-state index in [1.165, 1.54) is 18.9 Å². The first-order valence-corrected chi connectivity index (χ1v) is 17.3. The van der Waals surface area contributed by atoms with Crippen LogP contribution in [-0.2, 0) is 47.5 Å². The fourth-order valence-corrected chi connectivity index (χ4v) is 5.12. The number of ether oxygens (including phenoxy) is 7. The van der Waals surface area contributed by atoms with Gasteiger partial charge in [-0.25, -0.2) is 4.79 Å². The van der Waals surface area contributed by atoms with Gasteiger partial charge in [0, 0.05) is 24.7 Å². The molecule has 52 heavy (non-hydrogen) atoms. The maximum atomic E-state index is 12.2. The van der Waals surface area contributed by atoms with Crippen LogP contribution in [0.25, 0.3) is 11.1 Å². The number of nitrogens with zero attached hydrogens (tertiary/aromatic N) is 2. The number of carbonyl (C=O) groups is 4. The summed E-state index contributed by atoms with van der Waals surface area (Å²) in [7, 11) is 1.43. The predicted molar refractivity (Wildman–Crippen MR) is 189 cm³/mol. The zero-order valence-corrected chi connectivity index (χ0v) is 29.9. The van der Waals surface area contributed by atoms with Crippen LogP contribution in [0.1, 0.15) is 30.4 Å². The van der Waals surface area contributed by atoms with Gasteiger partial charge in [0.05, 0.1) is 92.2 Å². The Bertz CT molecular complexity index is 1370. The van der Waals surface area contributed by atoms with Gasteiger partial charge in [0.1, 0.15) is 12.6 Å². The van der Waals surface area contributed by atoms with E-state index in [2.05, 4.69) is 27.9 Å². The lowest BCUT2D eigenvalue weighted by molar-refractivity contribution is -0.138. The predicted octanol–water partition coefficient (Wildman–Crippen LogP) is 2.27. The molecule has 0 fully saturated rings. The Hall–Kier alpha value is -4.32. The van der Waals surface area contributed by atoms with E-state index >= 15 is 0 Å². The molecule has 0 aliphatic heterocycles. The van der Waals surface area contributed by atoms with Crippen LogP contribution < -0.4 is 10.6 Å². The molecule has 4 amide bonds. The minimum atomic E-state index is -0.900. The number of nitroso groups, excluding NO2 is 1. The Labute approximate surface area is 303 Å². The van der Waals surface area contributed by atoms with Crippen molar-refractivity contribution in [3.63, 3.8) is 0 Å². The van der Waals surface area contributed by atoms with Gasteiger partial charge in [0.25, 0.3) is 0 Å². The number of carbonyl (C=O) groups excluding carboxylic acids is 4. The second-order valence-corrected chi connectivity index (χ2v) is 11.6. The van der Waals surface area contributed by atoms with Crippen molar-refractivity contribution < 1.29 is 52.3 Å². The van der Waals surface area contributed by atoms with E-state index in [1.54, 1.807) is 0 Å². The molecular formula is C36H50N4O12. The highest BCUT2D eigenvalue weighted by Gasteiger charge is 2.29. The molecule has 0 saturated heterocycles. The van der Waals surface area contributed by atoms with E-state index in [0.29, 0.717) is 79.2 Å². The third-order valence-corrected chi connectivity index (χ3v) is 8.05. The van der Waals surface area contributed by atoms with Crippen LogP contribution in [0.4, 0.5) is 4.79 Å². The smallest absolute Gasteiger partial charge is 0.407 e. The number of amides is 4. The highest BCUT2D eigenvalue weighted by Crippen LogP contribution is 2.44. The molecule has 0 aromatic heterocycles. The Morgan fingerprint density at radius 2 is 1.15 bits per heavy atom. The summed E-state index contributed by atoms with van der Waals surface area (Å²) in [6.45, 7) is 5.97. The highest BCUT2D eigenvalue weighted by molar-refractivity contribution is 5.87. The van der Waals surface area contributed by atoms with Crippen LogP contribution >= 0.6 is 0 Å². The van der Waals surface area contributed by atoms with Crippen LogP contribution in [0.3, 0.4) is 0 Å². The van der Waals surface area contributed by atoms with Gasteiger partial charge in [0.15, 0.2) is 0 Å². The zero-order chi connectivity index (χ0) is 37.4. The SMILES string of the molecule is C[C@@H](C(=O)N=O)N(C)C(=O)CCOCCOCCOCCOCCOCCOCCNC(=O)CNC(=O)OCC1c2ccccc2-c2ccccc21. The second kappa shape index (κ2) is 24.8. The van der Waals surface area contributed by atoms with Gasteiger partial charge in [-0.2, -0.15) is 0 Å². The van der Waals surface area contributed by atoms with Gasteiger partial charge in [-0.15, -0.1) is 4.91 Å². The minimum absolute atomic E-state index is 0.0502. The Morgan fingerprint density at radius 1 is 0.692 bits per heavy atom. The fourth-order valence-electron chi connectivity index (χ4n) is 5.12. The normalized spacial score (nSPS) is 12.4. The van der Waals surface area contributed by atoms with Crippen LogP contribution in [0.15, 0.2) is 53.7 Å². The zero-order valence-electron chi connectivity index (χ0n) is 29.9. The van der Waals surface area contributed by atoms with Crippen LogP contribution in [-0.4, -0.2) is 141 Å². The number of alkyl carbamates (subject to hydrolysis) is 1. The Balaban J connectivity index is 1.03. The molecule has 2 N–H and O–H groups in total. The third-order valence-electron chi connectivity index (χ3n) is 8.05. The quantitative estimate of drug-likeness (QED) is 0.101. The molecule has 286 valence electrons. The Kier molecular flexibility index (Phi) is 20.1. The van der Waals surface area contributed by atoms with E-state index < -0.39 is 18.0 Å². The van der Waals surface area contributed by atoms with Gasteiger partial charge in [0.2, 0.25) is 11.8 Å². The molecule has 3 rings (SSSR count). The molecule has 1 aliphatic rings. The topological polar surface area (TPSA) is 190 Å². The molecule has 0 saturated carbocycles. The van der Waals surface area contributed by atoms with Gasteiger partial charge in [-0.1, -0.05) is 48.5 Å². The maximum absolute atomic E-state index is 12.2. The van der Waals surface area contributed by atoms with E-state index in [0.717, 1.165) is 22.3 Å². The summed E-state index contributed by atoms with van der Waals surface area (Å²) < 4.78 is 38.0. The number of hydrogen-bond donors (Lipinski definition) is 2. The molecular weight excluding hydrogens is 680 g/mol. The van der Waals surface area contributed by atoms with E-state index in [-0.39, 0.29) is 43.9 Å². The lowest BCUT2D eigenvalue weighted by Gasteiger charge is -2.21. The van der Waals surface area contributed by atoms with Crippen molar-refractivity contribution in [3.05, 3.63) is 64.6 Å². The minimum Gasteiger partial charge on any atom is -0.449 e. The summed E-state index contributed by atoms with van der Waals surface area (Å²) in [5.41, 5.74) is 4.53. The lowest BCUT2D eigenvalue weighted by atomic mass is 9.98. The van der Waals surface area contributed by atoms with Crippen molar-refractivity contribution >= 4 is 23.8 Å². The van der Waals surface area contributed by atoms with Crippen LogP contribution in [0.2, 0.25) is 0 Å². The van der Waals surface area contributed by atoms with Crippen LogP contribution in [0.5, 0.6) is 0 Å². The maximum Gasteiger partial charge on any atom is 0.407 e.